The largest absolute Gasteiger partial charge is 0.383 e. The van der Waals surface area contributed by atoms with Crippen molar-refractivity contribution in [3.05, 3.63) is 56.7 Å². The van der Waals surface area contributed by atoms with Crippen LogP contribution in [0.15, 0.2) is 39.9 Å². The summed E-state index contributed by atoms with van der Waals surface area (Å²) in [6, 6.07) is 9.58. The fraction of sp³-hybridized carbons (Fsp3) is 0.577. The van der Waals surface area contributed by atoms with Gasteiger partial charge in [-0.1, -0.05) is 30.3 Å². The van der Waals surface area contributed by atoms with E-state index in [0.29, 0.717) is 6.42 Å². The van der Waals surface area contributed by atoms with Gasteiger partial charge in [-0.15, -0.1) is 0 Å². The van der Waals surface area contributed by atoms with Crippen LogP contribution in [0.4, 0.5) is 11.5 Å². The normalized spacial score (nSPS) is 27.1. The molecule has 4 aliphatic rings. The lowest BCUT2D eigenvalue weighted by molar-refractivity contribution is -0.127. The molecule has 4 fully saturated rings. The number of carbonyl (C=O) groups is 1. The maximum atomic E-state index is 14.0. The molecule has 0 radical (unpaired) electrons. The second-order valence-corrected chi connectivity index (χ2v) is 10.7. The first-order valence-corrected chi connectivity index (χ1v) is 12.3. The van der Waals surface area contributed by atoms with Gasteiger partial charge in [0.1, 0.15) is 5.82 Å². The third-order valence-electron chi connectivity index (χ3n) is 8.18. The Bertz CT molecular complexity index is 1130. The second kappa shape index (κ2) is 9.06. The number of amides is 1. The van der Waals surface area contributed by atoms with Gasteiger partial charge in [0.2, 0.25) is 5.91 Å². The molecule has 182 valence electrons. The molecule has 8 heteroatoms. The molecule has 1 aromatic carbocycles. The van der Waals surface area contributed by atoms with Crippen molar-refractivity contribution in [3.63, 3.8) is 0 Å². The van der Waals surface area contributed by atoms with Crippen LogP contribution in [0.25, 0.3) is 0 Å². The number of ether oxygens (including phenoxy) is 1. The minimum Gasteiger partial charge on any atom is -0.383 e. The molecule has 4 aliphatic carbocycles. The van der Waals surface area contributed by atoms with E-state index in [1.165, 1.54) is 35.8 Å². The predicted molar refractivity (Wildman–Crippen MR) is 130 cm³/mol. The molecule has 1 heterocycles. The number of methoxy groups -OCH3 is 1. The molecule has 6 rings (SSSR count). The van der Waals surface area contributed by atoms with Gasteiger partial charge in [-0.3, -0.25) is 19.1 Å². The Kier molecular flexibility index (Phi) is 6.10. The van der Waals surface area contributed by atoms with Crippen molar-refractivity contribution in [1.82, 2.24) is 9.55 Å². The van der Waals surface area contributed by atoms with Gasteiger partial charge in [-0.25, -0.2) is 4.79 Å². The number of carbonyl (C=O) groups excluding carboxylic acids is 1. The quantitative estimate of drug-likeness (QED) is 0.622. The summed E-state index contributed by atoms with van der Waals surface area (Å²) in [4.78, 5) is 43.3. The van der Waals surface area contributed by atoms with Crippen LogP contribution in [0.2, 0.25) is 0 Å². The van der Waals surface area contributed by atoms with Crippen molar-refractivity contribution in [2.24, 2.45) is 23.2 Å². The van der Waals surface area contributed by atoms with Crippen molar-refractivity contribution in [1.29, 1.82) is 0 Å². The summed E-state index contributed by atoms with van der Waals surface area (Å²) < 4.78 is 6.37. The number of aromatic nitrogens is 2. The third kappa shape index (κ3) is 4.31. The summed E-state index contributed by atoms with van der Waals surface area (Å²) >= 11 is 0. The third-order valence-corrected chi connectivity index (χ3v) is 8.18. The fourth-order valence-corrected chi connectivity index (χ4v) is 7.22. The summed E-state index contributed by atoms with van der Waals surface area (Å²) in [6.45, 7) is 0.671. The summed E-state index contributed by atoms with van der Waals surface area (Å²) in [7, 11) is 1.53. The topological polar surface area (TPSA) is 110 Å². The number of benzene rings is 1. The highest BCUT2D eigenvalue weighted by Gasteiger charge is 2.52. The average Bonchev–Trinajstić information content (AvgIpc) is 2.77. The average molecular weight is 467 g/mol. The summed E-state index contributed by atoms with van der Waals surface area (Å²) in [6.07, 6.45) is 7.63. The standard InChI is InChI=1S/C26H34N4O4/c1-34-8-7-29-23(27)22(24(32)28-25(29)33)30(16-17-5-3-2-4-6-17)21(31)15-26-12-18-9-19(13-26)11-20(10-18)14-26/h2-6,18-20H,7-16,27H2,1H3,(H,28,32,33). The number of rotatable bonds is 8. The number of nitrogens with one attached hydrogen (secondary N) is 1. The molecular weight excluding hydrogens is 432 g/mol. The fourth-order valence-electron chi connectivity index (χ4n) is 7.22. The minimum absolute atomic E-state index is 0.000549. The maximum absolute atomic E-state index is 14.0. The Labute approximate surface area is 199 Å². The number of H-pyrrole nitrogens is 1. The van der Waals surface area contributed by atoms with Crippen LogP contribution >= 0.6 is 0 Å². The molecule has 0 aliphatic heterocycles. The molecule has 1 aromatic heterocycles. The molecule has 8 nitrogen and oxygen atoms in total. The number of hydrogen-bond acceptors (Lipinski definition) is 5. The van der Waals surface area contributed by atoms with Gasteiger partial charge in [-0.2, -0.15) is 0 Å². The molecular formula is C26H34N4O4. The highest BCUT2D eigenvalue weighted by Crippen LogP contribution is 2.61. The highest BCUT2D eigenvalue weighted by molar-refractivity contribution is 5.96. The summed E-state index contributed by atoms with van der Waals surface area (Å²) in [5, 5.41) is 0. The Balaban J connectivity index is 1.51. The lowest BCUT2D eigenvalue weighted by atomic mass is 9.49. The van der Waals surface area contributed by atoms with Crippen LogP contribution in [0.3, 0.4) is 0 Å². The van der Waals surface area contributed by atoms with Crippen LogP contribution in [0, 0.1) is 23.2 Å². The molecule has 0 atom stereocenters. The van der Waals surface area contributed by atoms with Crippen molar-refractivity contribution in [2.75, 3.05) is 24.4 Å². The van der Waals surface area contributed by atoms with Crippen molar-refractivity contribution < 1.29 is 9.53 Å². The van der Waals surface area contributed by atoms with E-state index < -0.39 is 11.2 Å². The van der Waals surface area contributed by atoms with E-state index >= 15 is 0 Å². The van der Waals surface area contributed by atoms with E-state index in [9.17, 15) is 14.4 Å². The molecule has 3 N–H and O–H groups in total. The zero-order valence-corrected chi connectivity index (χ0v) is 19.8. The van der Waals surface area contributed by atoms with E-state index in [1.54, 1.807) is 0 Å². The Morgan fingerprint density at radius 3 is 2.32 bits per heavy atom. The Morgan fingerprint density at radius 2 is 1.74 bits per heavy atom. The number of nitrogens with two attached hydrogens (primary N) is 1. The zero-order chi connectivity index (χ0) is 23.9. The molecule has 4 bridgehead atoms. The first-order valence-electron chi connectivity index (χ1n) is 12.3. The van der Waals surface area contributed by atoms with E-state index in [4.69, 9.17) is 10.5 Å². The Hall–Kier alpha value is -2.87. The summed E-state index contributed by atoms with van der Waals surface area (Å²) in [5.74, 6) is 2.09. The van der Waals surface area contributed by atoms with Gasteiger partial charge in [0.15, 0.2) is 5.69 Å². The molecule has 4 saturated carbocycles. The van der Waals surface area contributed by atoms with Crippen molar-refractivity contribution >= 4 is 17.4 Å². The van der Waals surface area contributed by atoms with E-state index in [2.05, 4.69) is 4.98 Å². The van der Waals surface area contributed by atoms with Gasteiger partial charge in [0, 0.05) is 13.5 Å². The Morgan fingerprint density at radius 1 is 1.12 bits per heavy atom. The molecule has 2 aromatic rings. The number of nitrogens with zero attached hydrogens (tertiary/aromatic N) is 2. The van der Waals surface area contributed by atoms with E-state index in [1.807, 2.05) is 30.3 Å². The lowest BCUT2D eigenvalue weighted by Gasteiger charge is -2.57. The summed E-state index contributed by atoms with van der Waals surface area (Å²) in [5.41, 5.74) is 6.11. The second-order valence-electron chi connectivity index (χ2n) is 10.7. The first-order chi connectivity index (χ1) is 16.4. The number of nitrogen functional groups attached to an aromatic ring is 1. The van der Waals surface area contributed by atoms with Crippen molar-refractivity contribution in [3.8, 4) is 0 Å². The van der Waals surface area contributed by atoms with E-state index in [0.717, 1.165) is 42.6 Å². The molecule has 1 amide bonds. The lowest BCUT2D eigenvalue weighted by Crippen LogP contribution is -2.49. The smallest absolute Gasteiger partial charge is 0.330 e. The number of anilines is 2. The van der Waals surface area contributed by atoms with E-state index in [-0.39, 0.29) is 42.5 Å². The van der Waals surface area contributed by atoms with Crippen LogP contribution in [0.5, 0.6) is 0 Å². The monoisotopic (exact) mass is 466 g/mol. The molecule has 34 heavy (non-hydrogen) atoms. The zero-order valence-electron chi connectivity index (χ0n) is 19.8. The number of aromatic amines is 1. The molecule has 0 saturated heterocycles. The molecule has 0 spiro atoms. The maximum Gasteiger partial charge on any atom is 0.330 e. The SMILES string of the molecule is COCCn1c(N)c(N(Cc2ccccc2)C(=O)CC23CC4CC(CC(C4)C2)C3)c(=O)[nH]c1=O. The van der Waals surface area contributed by atoms with Gasteiger partial charge in [0.05, 0.1) is 19.7 Å². The van der Waals surface area contributed by atoms with Crippen LogP contribution in [0.1, 0.15) is 50.5 Å². The van der Waals surface area contributed by atoms with Gasteiger partial charge < -0.3 is 15.4 Å². The minimum atomic E-state index is -0.633. The van der Waals surface area contributed by atoms with Gasteiger partial charge in [0.25, 0.3) is 5.56 Å². The van der Waals surface area contributed by atoms with Gasteiger partial charge >= 0.3 is 5.69 Å². The van der Waals surface area contributed by atoms with Gasteiger partial charge in [-0.05, 0) is 67.3 Å². The van der Waals surface area contributed by atoms with Crippen LogP contribution in [-0.2, 0) is 22.6 Å². The highest BCUT2D eigenvalue weighted by atomic mass is 16.5. The first kappa shape index (κ1) is 22.9. The van der Waals surface area contributed by atoms with Crippen LogP contribution in [-0.4, -0.2) is 29.2 Å². The molecule has 0 unspecified atom stereocenters. The number of hydrogen-bond donors (Lipinski definition) is 2. The predicted octanol–water partition coefficient (Wildman–Crippen LogP) is 2.90. The van der Waals surface area contributed by atoms with Crippen molar-refractivity contribution in [2.45, 2.75) is 58.0 Å². The van der Waals surface area contributed by atoms with Crippen LogP contribution < -0.4 is 21.9 Å².